The molecule has 0 bridgehead atoms. The number of carboxylic acids is 1. The second-order valence-corrected chi connectivity index (χ2v) is 9.87. The molecule has 1 heterocycles. The number of amides is 3. The fourth-order valence-electron chi connectivity index (χ4n) is 4.60. The highest BCUT2D eigenvalue weighted by molar-refractivity contribution is 5.97. The van der Waals surface area contributed by atoms with Gasteiger partial charge in [0.2, 0.25) is 5.91 Å². The number of rotatable bonds is 8. The summed E-state index contributed by atoms with van der Waals surface area (Å²) in [6, 6.07) is 21.5. The van der Waals surface area contributed by atoms with Crippen molar-refractivity contribution in [2.45, 2.75) is 45.7 Å². The molecule has 1 saturated heterocycles. The summed E-state index contributed by atoms with van der Waals surface area (Å²) in [6.45, 7) is 5.34. The molecule has 0 unspecified atom stereocenters. The van der Waals surface area contributed by atoms with Crippen LogP contribution >= 0.6 is 0 Å². The number of urea groups is 1. The number of carbonyl (C=O) groups excluding carboxylic acids is 2. The summed E-state index contributed by atoms with van der Waals surface area (Å²) < 4.78 is 0. The van der Waals surface area contributed by atoms with Gasteiger partial charge in [-0.15, -0.1) is 0 Å². The zero-order valence-electron chi connectivity index (χ0n) is 21.2. The standard InChI is InChI=1S/C30H33N3O4/c1-20(2)18-21-5-7-22(8-6-21)19-31-30(37)33-17-3-4-27(33)28(34)32-26-15-13-24(14-16-26)23-9-11-25(12-10-23)29(35)36/h5-16,20,27H,3-4,17-19H2,1-2H3,(H,31,37)(H,32,34)(H,35,36)/t27-/m1/s1. The molecule has 192 valence electrons. The van der Waals surface area contributed by atoms with Crippen LogP contribution in [0.5, 0.6) is 0 Å². The van der Waals surface area contributed by atoms with Gasteiger partial charge in [-0.1, -0.05) is 62.4 Å². The molecule has 1 aliphatic rings. The minimum atomic E-state index is -0.963. The van der Waals surface area contributed by atoms with Crippen LogP contribution in [0.25, 0.3) is 11.1 Å². The average molecular weight is 500 g/mol. The third-order valence-corrected chi connectivity index (χ3v) is 6.54. The van der Waals surface area contributed by atoms with Gasteiger partial charge >= 0.3 is 12.0 Å². The monoisotopic (exact) mass is 499 g/mol. The van der Waals surface area contributed by atoms with Gasteiger partial charge in [-0.2, -0.15) is 0 Å². The fourth-order valence-corrected chi connectivity index (χ4v) is 4.60. The zero-order valence-corrected chi connectivity index (χ0v) is 21.2. The van der Waals surface area contributed by atoms with Crippen LogP contribution in [-0.2, 0) is 17.8 Å². The maximum Gasteiger partial charge on any atom is 0.335 e. The molecule has 0 aromatic heterocycles. The Bertz CT molecular complexity index is 1240. The first-order valence-electron chi connectivity index (χ1n) is 12.7. The fraction of sp³-hybridized carbons (Fsp3) is 0.300. The molecule has 0 aliphatic carbocycles. The summed E-state index contributed by atoms with van der Waals surface area (Å²) in [5.41, 5.74) is 4.98. The topological polar surface area (TPSA) is 98.7 Å². The first kappa shape index (κ1) is 25.9. The number of likely N-dealkylation sites (tertiary alicyclic amines) is 1. The Hall–Kier alpha value is -4.13. The van der Waals surface area contributed by atoms with Crippen molar-refractivity contribution < 1.29 is 19.5 Å². The third kappa shape index (κ3) is 6.76. The second kappa shape index (κ2) is 11.7. The van der Waals surface area contributed by atoms with Crippen molar-refractivity contribution in [1.29, 1.82) is 0 Å². The van der Waals surface area contributed by atoms with E-state index in [1.54, 1.807) is 41.3 Å². The molecule has 1 aliphatic heterocycles. The second-order valence-electron chi connectivity index (χ2n) is 9.87. The first-order chi connectivity index (χ1) is 17.8. The molecule has 3 amide bonds. The molecule has 3 aromatic carbocycles. The highest BCUT2D eigenvalue weighted by Gasteiger charge is 2.34. The molecular weight excluding hydrogens is 466 g/mol. The quantitative estimate of drug-likeness (QED) is 0.378. The normalized spacial score (nSPS) is 15.0. The van der Waals surface area contributed by atoms with Crippen LogP contribution in [0.4, 0.5) is 10.5 Å². The Kier molecular flexibility index (Phi) is 8.23. The smallest absolute Gasteiger partial charge is 0.335 e. The number of aromatic carboxylic acids is 1. The largest absolute Gasteiger partial charge is 0.478 e. The van der Waals surface area contributed by atoms with Gasteiger partial charge in [0.05, 0.1) is 5.56 Å². The lowest BCUT2D eigenvalue weighted by Crippen LogP contribution is -2.47. The van der Waals surface area contributed by atoms with E-state index in [-0.39, 0.29) is 17.5 Å². The maximum absolute atomic E-state index is 13.0. The van der Waals surface area contributed by atoms with Crippen molar-refractivity contribution in [2.24, 2.45) is 5.92 Å². The van der Waals surface area contributed by atoms with Crippen LogP contribution in [0, 0.1) is 5.92 Å². The first-order valence-corrected chi connectivity index (χ1v) is 12.7. The van der Waals surface area contributed by atoms with E-state index in [0.717, 1.165) is 29.5 Å². The Morgan fingerprint density at radius 3 is 2.08 bits per heavy atom. The minimum Gasteiger partial charge on any atom is -0.478 e. The predicted molar refractivity (Wildman–Crippen MR) is 144 cm³/mol. The number of anilines is 1. The van der Waals surface area contributed by atoms with Crippen molar-refractivity contribution in [3.05, 3.63) is 89.5 Å². The van der Waals surface area contributed by atoms with E-state index in [9.17, 15) is 14.4 Å². The number of carbonyl (C=O) groups is 3. The lowest BCUT2D eigenvalue weighted by Gasteiger charge is -2.24. The summed E-state index contributed by atoms with van der Waals surface area (Å²) >= 11 is 0. The van der Waals surface area contributed by atoms with E-state index in [0.29, 0.717) is 31.1 Å². The van der Waals surface area contributed by atoms with Gasteiger partial charge in [0.1, 0.15) is 6.04 Å². The Morgan fingerprint density at radius 2 is 1.49 bits per heavy atom. The number of benzene rings is 3. The number of hydrogen-bond donors (Lipinski definition) is 3. The number of hydrogen-bond acceptors (Lipinski definition) is 3. The number of carboxylic acid groups (broad SMARTS) is 1. The highest BCUT2D eigenvalue weighted by Crippen LogP contribution is 2.24. The summed E-state index contributed by atoms with van der Waals surface area (Å²) in [7, 11) is 0. The SMILES string of the molecule is CC(C)Cc1ccc(CNC(=O)N2CCC[C@@H]2C(=O)Nc2ccc(-c3ccc(C(=O)O)cc3)cc2)cc1. The van der Waals surface area contributed by atoms with E-state index >= 15 is 0 Å². The van der Waals surface area contributed by atoms with Crippen molar-refractivity contribution >= 4 is 23.6 Å². The zero-order chi connectivity index (χ0) is 26.4. The molecule has 7 nitrogen and oxygen atoms in total. The molecular formula is C30H33N3O4. The van der Waals surface area contributed by atoms with Crippen LogP contribution in [0.3, 0.4) is 0 Å². The lowest BCUT2D eigenvalue weighted by molar-refractivity contribution is -0.119. The van der Waals surface area contributed by atoms with Gasteiger partial charge in [-0.05, 0) is 71.7 Å². The van der Waals surface area contributed by atoms with Crippen molar-refractivity contribution in [3.63, 3.8) is 0 Å². The predicted octanol–water partition coefficient (Wildman–Crippen LogP) is 5.56. The van der Waals surface area contributed by atoms with Crippen molar-refractivity contribution in [3.8, 4) is 11.1 Å². The summed E-state index contributed by atoms with van der Waals surface area (Å²) in [5, 5.41) is 14.9. The molecule has 4 rings (SSSR count). The lowest BCUT2D eigenvalue weighted by atomic mass is 10.0. The number of nitrogens with one attached hydrogen (secondary N) is 2. The van der Waals surface area contributed by atoms with Gasteiger partial charge in [0.15, 0.2) is 0 Å². The minimum absolute atomic E-state index is 0.204. The molecule has 1 atom stereocenters. The molecule has 7 heteroatoms. The average Bonchev–Trinajstić information content (AvgIpc) is 3.39. The van der Waals surface area contributed by atoms with Crippen LogP contribution in [0.1, 0.15) is 48.2 Å². The van der Waals surface area contributed by atoms with Crippen LogP contribution in [0.15, 0.2) is 72.8 Å². The van der Waals surface area contributed by atoms with Crippen LogP contribution in [0.2, 0.25) is 0 Å². The Morgan fingerprint density at radius 1 is 0.892 bits per heavy atom. The third-order valence-electron chi connectivity index (χ3n) is 6.54. The van der Waals surface area contributed by atoms with Gasteiger partial charge in [-0.25, -0.2) is 9.59 Å². The van der Waals surface area contributed by atoms with Gasteiger partial charge in [-0.3, -0.25) is 4.79 Å². The van der Waals surface area contributed by atoms with Gasteiger partial charge in [0.25, 0.3) is 0 Å². The van der Waals surface area contributed by atoms with Crippen LogP contribution in [-0.4, -0.2) is 40.5 Å². The molecule has 3 N–H and O–H groups in total. The summed E-state index contributed by atoms with van der Waals surface area (Å²) in [5.74, 6) is -0.571. The van der Waals surface area contributed by atoms with E-state index in [2.05, 4.69) is 36.6 Å². The van der Waals surface area contributed by atoms with E-state index < -0.39 is 12.0 Å². The van der Waals surface area contributed by atoms with E-state index in [1.165, 1.54) is 5.56 Å². The molecule has 37 heavy (non-hydrogen) atoms. The van der Waals surface area contributed by atoms with Gasteiger partial charge in [0, 0.05) is 18.8 Å². The van der Waals surface area contributed by atoms with Crippen LogP contribution < -0.4 is 10.6 Å². The summed E-state index contributed by atoms with van der Waals surface area (Å²) in [6.07, 6.45) is 2.43. The number of nitrogens with zero attached hydrogens (tertiary/aromatic N) is 1. The molecule has 3 aromatic rings. The highest BCUT2D eigenvalue weighted by atomic mass is 16.4. The van der Waals surface area contributed by atoms with E-state index in [4.69, 9.17) is 5.11 Å². The van der Waals surface area contributed by atoms with Crippen molar-refractivity contribution in [1.82, 2.24) is 10.2 Å². The molecule has 0 radical (unpaired) electrons. The summed E-state index contributed by atoms with van der Waals surface area (Å²) in [4.78, 5) is 38.5. The Balaban J connectivity index is 1.31. The Labute approximate surface area is 217 Å². The van der Waals surface area contributed by atoms with Crippen molar-refractivity contribution in [2.75, 3.05) is 11.9 Å². The molecule has 0 saturated carbocycles. The van der Waals surface area contributed by atoms with Gasteiger partial charge < -0.3 is 20.6 Å². The maximum atomic E-state index is 13.0. The van der Waals surface area contributed by atoms with E-state index in [1.807, 2.05) is 24.3 Å². The molecule has 0 spiro atoms. The molecule has 1 fully saturated rings.